The third kappa shape index (κ3) is 3.49. The molecule has 19 heavy (non-hydrogen) atoms. The quantitative estimate of drug-likeness (QED) is 0.872. The predicted octanol–water partition coefficient (Wildman–Crippen LogP) is 2.46. The van der Waals surface area contributed by atoms with Crippen LogP contribution in [-0.4, -0.2) is 23.0 Å². The lowest BCUT2D eigenvalue weighted by molar-refractivity contribution is -0.126. The normalized spacial score (nSPS) is 11.9. The molecular formula is C13H12ClN3O2. The van der Waals surface area contributed by atoms with Crippen molar-refractivity contribution in [3.8, 4) is 0 Å². The highest BCUT2D eigenvalue weighted by atomic mass is 35.5. The Morgan fingerprint density at radius 1 is 1.32 bits per heavy atom. The monoisotopic (exact) mass is 277 g/mol. The van der Waals surface area contributed by atoms with Crippen molar-refractivity contribution in [2.45, 2.75) is 6.10 Å². The van der Waals surface area contributed by atoms with E-state index in [0.29, 0.717) is 0 Å². The number of ether oxygens (including phenoxy) is 1. The van der Waals surface area contributed by atoms with Crippen LogP contribution in [0.4, 0.5) is 5.95 Å². The van der Waals surface area contributed by atoms with Gasteiger partial charge in [0.15, 0.2) is 6.10 Å². The first-order valence-electron chi connectivity index (χ1n) is 5.58. The lowest BCUT2D eigenvalue weighted by Crippen LogP contribution is -2.23. The fourth-order valence-electron chi connectivity index (χ4n) is 1.59. The molecule has 0 fully saturated rings. The van der Waals surface area contributed by atoms with Gasteiger partial charge in [0.05, 0.1) is 0 Å². The van der Waals surface area contributed by atoms with Crippen molar-refractivity contribution in [1.29, 1.82) is 0 Å². The Hall–Kier alpha value is -1.98. The Morgan fingerprint density at radius 3 is 2.68 bits per heavy atom. The second-order valence-corrected chi connectivity index (χ2v) is 4.11. The molecule has 98 valence electrons. The number of nitrogens with zero attached hydrogens (tertiary/aromatic N) is 2. The highest BCUT2D eigenvalue weighted by Gasteiger charge is 2.20. The smallest absolute Gasteiger partial charge is 0.260 e. The summed E-state index contributed by atoms with van der Waals surface area (Å²) in [6, 6.07) is 10.7. The van der Waals surface area contributed by atoms with Crippen LogP contribution < -0.4 is 5.32 Å². The summed E-state index contributed by atoms with van der Waals surface area (Å²) in [5.41, 5.74) is 0.754. The van der Waals surface area contributed by atoms with Gasteiger partial charge in [0.2, 0.25) is 5.95 Å². The highest BCUT2D eigenvalue weighted by molar-refractivity contribution is 6.29. The summed E-state index contributed by atoms with van der Waals surface area (Å²) in [6.45, 7) is 0. The second-order valence-electron chi connectivity index (χ2n) is 3.72. The van der Waals surface area contributed by atoms with Gasteiger partial charge in [0.25, 0.3) is 5.91 Å². The summed E-state index contributed by atoms with van der Waals surface area (Å²) in [6.07, 6.45) is 0.749. The summed E-state index contributed by atoms with van der Waals surface area (Å²) in [4.78, 5) is 19.9. The molecule has 1 atom stereocenters. The predicted molar refractivity (Wildman–Crippen MR) is 71.9 cm³/mol. The first kappa shape index (κ1) is 13.5. The van der Waals surface area contributed by atoms with Crippen molar-refractivity contribution < 1.29 is 9.53 Å². The van der Waals surface area contributed by atoms with Crippen molar-refractivity contribution >= 4 is 23.5 Å². The zero-order valence-electron chi connectivity index (χ0n) is 10.2. The number of aromatic nitrogens is 2. The molecule has 0 aliphatic heterocycles. The van der Waals surface area contributed by atoms with E-state index < -0.39 is 6.10 Å². The van der Waals surface area contributed by atoms with Gasteiger partial charge in [-0.1, -0.05) is 41.9 Å². The first-order chi connectivity index (χ1) is 9.20. The van der Waals surface area contributed by atoms with Crippen LogP contribution in [0.15, 0.2) is 42.6 Å². The molecule has 1 heterocycles. The summed E-state index contributed by atoms with van der Waals surface area (Å²) in [5.74, 6) is -0.202. The lowest BCUT2D eigenvalue weighted by atomic mass is 10.1. The zero-order chi connectivity index (χ0) is 13.7. The van der Waals surface area contributed by atoms with Gasteiger partial charge >= 0.3 is 0 Å². The van der Waals surface area contributed by atoms with E-state index in [-0.39, 0.29) is 17.0 Å². The van der Waals surface area contributed by atoms with E-state index in [0.717, 1.165) is 5.56 Å². The maximum Gasteiger partial charge on any atom is 0.260 e. The highest BCUT2D eigenvalue weighted by Crippen LogP contribution is 2.18. The van der Waals surface area contributed by atoms with E-state index >= 15 is 0 Å². The van der Waals surface area contributed by atoms with Crippen molar-refractivity contribution in [2.75, 3.05) is 12.4 Å². The number of carbonyl (C=O) groups excluding carboxylic acids is 1. The van der Waals surface area contributed by atoms with Crippen LogP contribution in [0.2, 0.25) is 5.15 Å². The Labute approximate surface area is 115 Å². The molecular weight excluding hydrogens is 266 g/mol. The Bertz CT molecular complexity index is 563. The van der Waals surface area contributed by atoms with Crippen molar-refractivity contribution in [3.63, 3.8) is 0 Å². The molecule has 1 aromatic carbocycles. The van der Waals surface area contributed by atoms with Gasteiger partial charge in [0.1, 0.15) is 5.15 Å². The number of halogens is 1. The summed E-state index contributed by atoms with van der Waals surface area (Å²) < 4.78 is 5.20. The van der Waals surface area contributed by atoms with E-state index in [4.69, 9.17) is 16.3 Å². The molecule has 6 heteroatoms. The van der Waals surface area contributed by atoms with Gasteiger partial charge < -0.3 is 4.74 Å². The first-order valence-corrected chi connectivity index (χ1v) is 5.95. The van der Waals surface area contributed by atoms with E-state index in [1.807, 2.05) is 30.3 Å². The van der Waals surface area contributed by atoms with E-state index in [1.54, 1.807) is 0 Å². The van der Waals surface area contributed by atoms with Crippen molar-refractivity contribution in [3.05, 3.63) is 53.3 Å². The molecule has 0 bridgehead atoms. The van der Waals surface area contributed by atoms with Crippen molar-refractivity contribution in [2.24, 2.45) is 0 Å². The molecule has 0 aliphatic rings. The minimum Gasteiger partial charge on any atom is -0.367 e. The van der Waals surface area contributed by atoms with E-state index in [9.17, 15) is 4.79 Å². The molecule has 1 N–H and O–H groups in total. The van der Waals surface area contributed by atoms with Crippen LogP contribution in [0.5, 0.6) is 0 Å². The van der Waals surface area contributed by atoms with Crippen LogP contribution in [0, 0.1) is 0 Å². The number of amides is 1. The maximum atomic E-state index is 12.1. The molecule has 1 unspecified atom stereocenters. The SMILES string of the molecule is COC(C(=O)Nc1nccc(Cl)n1)c1ccccc1. The van der Waals surface area contributed by atoms with Crippen LogP contribution in [0.25, 0.3) is 0 Å². The van der Waals surface area contributed by atoms with Gasteiger partial charge in [0, 0.05) is 13.3 Å². The fraction of sp³-hybridized carbons (Fsp3) is 0.154. The number of nitrogens with one attached hydrogen (secondary N) is 1. The Morgan fingerprint density at radius 2 is 2.05 bits per heavy atom. The lowest BCUT2D eigenvalue weighted by Gasteiger charge is -2.14. The second kappa shape index (κ2) is 6.26. The third-order valence-corrected chi connectivity index (χ3v) is 2.64. The van der Waals surface area contributed by atoms with Crippen LogP contribution in [0.1, 0.15) is 11.7 Å². The summed E-state index contributed by atoms with van der Waals surface area (Å²) in [7, 11) is 1.47. The number of anilines is 1. The van der Waals surface area contributed by atoms with E-state index in [1.165, 1.54) is 19.4 Å². The largest absolute Gasteiger partial charge is 0.367 e. The Kier molecular flexibility index (Phi) is 4.43. The minimum atomic E-state index is -0.719. The topological polar surface area (TPSA) is 64.1 Å². The standard InChI is InChI=1S/C13H12ClN3O2/c1-19-11(9-5-3-2-4-6-9)12(18)17-13-15-8-7-10(14)16-13/h2-8,11H,1H3,(H,15,16,17,18). The molecule has 1 aromatic heterocycles. The minimum absolute atomic E-state index is 0.149. The van der Waals surface area contributed by atoms with Gasteiger partial charge in [-0.2, -0.15) is 0 Å². The molecule has 2 rings (SSSR count). The molecule has 5 nitrogen and oxygen atoms in total. The van der Waals surface area contributed by atoms with Crippen molar-refractivity contribution in [1.82, 2.24) is 9.97 Å². The number of hydrogen-bond donors (Lipinski definition) is 1. The number of benzene rings is 1. The Balaban J connectivity index is 2.14. The zero-order valence-corrected chi connectivity index (χ0v) is 11.0. The fourth-order valence-corrected chi connectivity index (χ4v) is 1.73. The van der Waals surface area contributed by atoms with Gasteiger partial charge in [-0.25, -0.2) is 9.97 Å². The molecule has 1 amide bonds. The maximum absolute atomic E-state index is 12.1. The van der Waals surface area contributed by atoms with Crippen LogP contribution in [0.3, 0.4) is 0 Å². The average molecular weight is 278 g/mol. The average Bonchev–Trinajstić information content (AvgIpc) is 2.41. The summed E-state index contributed by atoms with van der Waals surface area (Å²) >= 11 is 5.73. The molecule has 0 aliphatic carbocycles. The van der Waals surface area contributed by atoms with Crippen LogP contribution >= 0.6 is 11.6 Å². The molecule has 0 radical (unpaired) electrons. The number of methoxy groups -OCH3 is 1. The molecule has 2 aromatic rings. The van der Waals surface area contributed by atoms with Gasteiger partial charge in [-0.15, -0.1) is 0 Å². The van der Waals surface area contributed by atoms with Gasteiger partial charge in [-0.05, 0) is 11.6 Å². The molecule has 0 saturated carbocycles. The van der Waals surface area contributed by atoms with Gasteiger partial charge in [-0.3, -0.25) is 10.1 Å². The number of rotatable bonds is 4. The molecule has 0 spiro atoms. The van der Waals surface area contributed by atoms with Crippen LogP contribution in [-0.2, 0) is 9.53 Å². The number of carbonyl (C=O) groups is 1. The summed E-state index contributed by atoms with van der Waals surface area (Å²) in [5, 5.41) is 2.82. The number of hydrogen-bond acceptors (Lipinski definition) is 4. The molecule has 0 saturated heterocycles. The van der Waals surface area contributed by atoms with E-state index in [2.05, 4.69) is 15.3 Å². The third-order valence-electron chi connectivity index (χ3n) is 2.43.